The van der Waals surface area contributed by atoms with Crippen molar-refractivity contribution in [3.8, 4) is 16.7 Å². The van der Waals surface area contributed by atoms with Gasteiger partial charge in [-0.2, -0.15) is 0 Å². The van der Waals surface area contributed by atoms with Crippen molar-refractivity contribution >= 4 is 23.2 Å². The minimum absolute atomic E-state index is 0.222. The Balaban J connectivity index is 1.70. The number of nitrogens with zero attached hydrogens (tertiary/aromatic N) is 1. The van der Waals surface area contributed by atoms with Crippen LogP contribution in [-0.2, 0) is 6.42 Å². The summed E-state index contributed by atoms with van der Waals surface area (Å²) in [5.74, 6) is -0.677. The number of thiazole rings is 1. The van der Waals surface area contributed by atoms with Gasteiger partial charge in [-0.15, -0.1) is 0 Å². The molecule has 3 rings (SSSR count). The number of ether oxygens (including phenoxy) is 1. The Morgan fingerprint density at radius 2 is 2.09 bits per heavy atom. The average molecular weight is 471 g/mol. The number of Topliss-reactive ketones (excluding diaryl/α,β-unsaturated/α-hetero) is 1. The Kier molecular flexibility index (Phi) is 8.15. The third-order valence-corrected chi connectivity index (χ3v) is 5.35. The number of carbonyl (C=O) groups is 1. The van der Waals surface area contributed by atoms with Gasteiger partial charge >= 0.3 is 5.63 Å². The van der Waals surface area contributed by atoms with Crippen LogP contribution in [-0.4, -0.2) is 22.9 Å². The lowest BCUT2D eigenvalue weighted by Crippen LogP contribution is -2.16. The van der Waals surface area contributed by atoms with E-state index < -0.39 is 22.7 Å². The van der Waals surface area contributed by atoms with Crippen molar-refractivity contribution in [2.75, 3.05) is 7.05 Å². The number of allylic oxidation sites excluding steroid dienone is 2. The van der Waals surface area contributed by atoms with Gasteiger partial charge in [-0.25, -0.2) is 14.2 Å². The minimum Gasteiger partial charge on any atom is -0.507 e. The highest BCUT2D eigenvalue weighted by Gasteiger charge is 2.20. The van der Waals surface area contributed by atoms with E-state index in [0.717, 1.165) is 12.8 Å². The Labute approximate surface area is 193 Å². The molecule has 0 saturated heterocycles. The molecule has 0 spiro atoms. The van der Waals surface area contributed by atoms with Gasteiger partial charge in [-0.05, 0) is 61.9 Å². The zero-order valence-corrected chi connectivity index (χ0v) is 18.9. The molecule has 1 aromatic carbocycles. The number of hydrogen-bond acceptors (Lipinski definition) is 8. The second kappa shape index (κ2) is 11.2. The van der Waals surface area contributed by atoms with Gasteiger partial charge in [-0.1, -0.05) is 17.4 Å². The van der Waals surface area contributed by atoms with Crippen molar-refractivity contribution in [3.63, 3.8) is 0 Å². The predicted molar refractivity (Wildman–Crippen MR) is 124 cm³/mol. The fourth-order valence-corrected chi connectivity index (χ4v) is 3.71. The summed E-state index contributed by atoms with van der Waals surface area (Å²) in [6, 6.07) is 6.82. The van der Waals surface area contributed by atoms with E-state index in [-0.39, 0.29) is 11.4 Å². The highest BCUT2D eigenvalue weighted by atomic mass is 32.1. The summed E-state index contributed by atoms with van der Waals surface area (Å²) in [6.45, 7) is 1.53. The van der Waals surface area contributed by atoms with Crippen LogP contribution in [0.15, 0.2) is 63.6 Å². The molecule has 0 saturated carbocycles. The molecule has 0 atom stereocenters. The maximum Gasteiger partial charge on any atom is 0.351 e. The van der Waals surface area contributed by atoms with Crippen LogP contribution in [0.2, 0.25) is 0 Å². The van der Waals surface area contributed by atoms with Gasteiger partial charge in [0.25, 0.3) is 5.19 Å². The summed E-state index contributed by atoms with van der Waals surface area (Å²) in [6.07, 6.45) is 8.76. The van der Waals surface area contributed by atoms with Gasteiger partial charge in [0.2, 0.25) is 0 Å². The number of halogens is 1. The Bertz CT molecular complexity index is 1230. The molecular formula is C24H23FN2O5S. The first-order valence-corrected chi connectivity index (χ1v) is 11.0. The Morgan fingerprint density at radius 1 is 1.33 bits per heavy atom. The zero-order valence-electron chi connectivity index (χ0n) is 18.1. The van der Waals surface area contributed by atoms with Gasteiger partial charge in [0.1, 0.15) is 28.6 Å². The maximum absolute atomic E-state index is 13.0. The van der Waals surface area contributed by atoms with E-state index in [9.17, 15) is 19.1 Å². The molecule has 0 aliphatic heterocycles. The van der Waals surface area contributed by atoms with Crippen LogP contribution in [0.25, 0.3) is 6.08 Å². The van der Waals surface area contributed by atoms with Crippen LogP contribution >= 0.6 is 11.3 Å². The monoisotopic (exact) mass is 470 g/mol. The zero-order chi connectivity index (χ0) is 23.8. The molecule has 0 unspecified atom stereocenters. The van der Waals surface area contributed by atoms with Gasteiger partial charge in [0, 0.05) is 25.7 Å². The summed E-state index contributed by atoms with van der Waals surface area (Å²) in [4.78, 5) is 29.9. The fraction of sp³-hybridized carbons (Fsp3) is 0.208. The quantitative estimate of drug-likeness (QED) is 0.242. The first-order chi connectivity index (χ1) is 15.9. The normalized spacial score (nSPS) is 11.7. The topological polar surface area (TPSA) is 102 Å². The average Bonchev–Trinajstić information content (AvgIpc) is 3.21. The highest BCUT2D eigenvalue weighted by molar-refractivity contribution is 7.14. The van der Waals surface area contributed by atoms with Crippen LogP contribution in [0.1, 0.15) is 40.8 Å². The van der Waals surface area contributed by atoms with E-state index in [2.05, 4.69) is 10.3 Å². The molecule has 3 aromatic rings. The number of aromatic hydroxyl groups is 1. The molecule has 9 heteroatoms. The number of nitrogens with one attached hydrogen (secondary N) is 1. The molecular weight excluding hydrogens is 447 g/mol. The number of carbonyl (C=O) groups excluding carboxylic acids is 1. The molecule has 0 bridgehead atoms. The van der Waals surface area contributed by atoms with Crippen LogP contribution in [0, 0.1) is 5.82 Å². The first-order valence-electron chi connectivity index (χ1n) is 10.2. The van der Waals surface area contributed by atoms with Crippen LogP contribution in [0.4, 0.5) is 4.39 Å². The predicted octanol–water partition coefficient (Wildman–Crippen LogP) is 5.08. The van der Waals surface area contributed by atoms with Crippen molar-refractivity contribution in [3.05, 3.63) is 86.8 Å². The third-order valence-electron chi connectivity index (χ3n) is 4.53. The molecule has 0 fully saturated rings. The van der Waals surface area contributed by atoms with E-state index >= 15 is 0 Å². The highest BCUT2D eigenvalue weighted by Crippen LogP contribution is 2.28. The van der Waals surface area contributed by atoms with E-state index in [0.29, 0.717) is 28.0 Å². The molecule has 172 valence electrons. The SMILES string of the molecule is CN/C=C/CCCc1cc(O)c(C(=O)/C(C)=C/c2cnc(Oc3ccc(F)cc3)s2)c(=O)o1. The van der Waals surface area contributed by atoms with Gasteiger partial charge in [0.05, 0.1) is 4.88 Å². The molecule has 2 aromatic heterocycles. The molecule has 2 heterocycles. The first kappa shape index (κ1) is 23.9. The van der Waals surface area contributed by atoms with Gasteiger partial charge in [0.15, 0.2) is 5.78 Å². The van der Waals surface area contributed by atoms with Gasteiger partial charge in [-0.3, -0.25) is 4.79 Å². The molecule has 33 heavy (non-hydrogen) atoms. The summed E-state index contributed by atoms with van der Waals surface area (Å²) in [5.41, 5.74) is -1.06. The summed E-state index contributed by atoms with van der Waals surface area (Å²) in [5, 5.41) is 13.5. The Hall–Kier alpha value is -3.72. The number of aryl methyl sites for hydroxylation is 1. The number of benzene rings is 1. The van der Waals surface area contributed by atoms with E-state index in [1.165, 1.54) is 54.8 Å². The lowest BCUT2D eigenvalue weighted by atomic mass is 10.0. The molecule has 0 aliphatic rings. The van der Waals surface area contributed by atoms with E-state index in [4.69, 9.17) is 9.15 Å². The number of hydrogen-bond donors (Lipinski definition) is 2. The lowest BCUT2D eigenvalue weighted by Gasteiger charge is -2.05. The smallest absolute Gasteiger partial charge is 0.351 e. The number of unbranched alkanes of at least 4 members (excludes halogenated alkanes) is 1. The minimum atomic E-state index is -0.877. The van der Waals surface area contributed by atoms with E-state index in [1.807, 2.05) is 12.3 Å². The van der Waals surface area contributed by atoms with Crippen molar-refractivity contribution in [1.82, 2.24) is 10.3 Å². The number of aromatic nitrogens is 1. The summed E-state index contributed by atoms with van der Waals surface area (Å²) < 4.78 is 23.8. The molecule has 7 nitrogen and oxygen atoms in total. The molecule has 0 amide bonds. The Morgan fingerprint density at radius 3 is 2.79 bits per heavy atom. The van der Waals surface area contributed by atoms with Crippen LogP contribution in [0.5, 0.6) is 16.7 Å². The molecule has 0 aliphatic carbocycles. The van der Waals surface area contributed by atoms with Crippen molar-refractivity contribution in [2.24, 2.45) is 0 Å². The van der Waals surface area contributed by atoms with Crippen molar-refractivity contribution in [2.45, 2.75) is 26.2 Å². The number of ketones is 1. The van der Waals surface area contributed by atoms with Crippen LogP contribution in [0.3, 0.4) is 0 Å². The van der Waals surface area contributed by atoms with Crippen molar-refractivity contribution < 1.29 is 23.4 Å². The largest absolute Gasteiger partial charge is 0.507 e. The van der Waals surface area contributed by atoms with E-state index in [1.54, 1.807) is 13.1 Å². The maximum atomic E-state index is 13.0. The second-order valence-corrected chi connectivity index (χ2v) is 8.11. The third kappa shape index (κ3) is 6.63. The number of rotatable bonds is 10. The lowest BCUT2D eigenvalue weighted by molar-refractivity contribution is 0.102. The second-order valence-electron chi connectivity index (χ2n) is 7.08. The summed E-state index contributed by atoms with van der Waals surface area (Å²) >= 11 is 1.17. The summed E-state index contributed by atoms with van der Waals surface area (Å²) in [7, 11) is 1.80. The van der Waals surface area contributed by atoms with Crippen molar-refractivity contribution in [1.29, 1.82) is 0 Å². The van der Waals surface area contributed by atoms with Crippen LogP contribution < -0.4 is 15.7 Å². The standard InChI is InChI=1S/C24H23FN2O5S/c1-15(12-19-14-27-24(33-19)32-17-9-7-16(25)8-10-17)22(29)21-20(28)13-18(31-23(21)30)6-4-3-5-11-26-2/h5,7-14,26,28H,3-4,6H2,1-2H3/b11-5+,15-12+. The molecule has 2 N–H and O–H groups in total. The molecule has 0 radical (unpaired) electrons. The van der Waals surface area contributed by atoms with Gasteiger partial charge < -0.3 is 19.6 Å². The fourth-order valence-electron chi connectivity index (χ4n) is 2.92.